The number of amides is 1. The minimum Gasteiger partial charge on any atom is -0.337 e. The topological polar surface area (TPSA) is 32.3 Å². The van der Waals surface area contributed by atoms with Crippen molar-refractivity contribution in [2.75, 3.05) is 26.2 Å². The second-order valence-corrected chi connectivity index (χ2v) is 7.47. The molecule has 5 heteroatoms. The third-order valence-corrected chi connectivity index (χ3v) is 5.45. The van der Waals surface area contributed by atoms with Gasteiger partial charge in [0, 0.05) is 25.0 Å². The second kappa shape index (κ2) is 4.37. The van der Waals surface area contributed by atoms with E-state index in [4.69, 9.17) is 0 Å². The first-order valence-corrected chi connectivity index (χ1v) is 7.55. The van der Waals surface area contributed by atoms with Crippen LogP contribution in [-0.2, 0) is 0 Å². The second-order valence-electron chi connectivity index (χ2n) is 5.01. The zero-order valence-corrected chi connectivity index (χ0v) is 11.9. The van der Waals surface area contributed by atoms with Gasteiger partial charge in [-0.15, -0.1) is 11.3 Å². The largest absolute Gasteiger partial charge is 0.337 e. The van der Waals surface area contributed by atoms with Gasteiger partial charge in [-0.3, -0.25) is 4.79 Å². The van der Waals surface area contributed by atoms with Crippen molar-refractivity contribution in [2.24, 2.45) is 5.41 Å². The smallest absolute Gasteiger partial charge is 0.263 e. The lowest BCUT2D eigenvalue weighted by atomic mass is 9.87. The maximum absolute atomic E-state index is 12.3. The first-order valence-electron chi connectivity index (χ1n) is 5.94. The molecule has 1 spiro atoms. The highest BCUT2D eigenvalue weighted by atomic mass is 79.9. The monoisotopic (exact) mass is 314 g/mol. The van der Waals surface area contributed by atoms with Gasteiger partial charge in [-0.1, -0.05) is 0 Å². The molecule has 92 valence electrons. The Kier molecular flexibility index (Phi) is 3.00. The molecule has 2 aliphatic heterocycles. The number of carbonyl (C=O) groups excluding carboxylic acids is 1. The Morgan fingerprint density at radius 1 is 1.47 bits per heavy atom. The summed E-state index contributed by atoms with van der Waals surface area (Å²) < 4.78 is 1.03. The van der Waals surface area contributed by atoms with Gasteiger partial charge in [-0.2, -0.15) is 0 Å². The average Bonchev–Trinajstić information content (AvgIpc) is 3.02. The van der Waals surface area contributed by atoms with Crippen LogP contribution in [-0.4, -0.2) is 37.0 Å². The maximum atomic E-state index is 12.3. The van der Waals surface area contributed by atoms with Crippen LogP contribution in [0.5, 0.6) is 0 Å². The van der Waals surface area contributed by atoms with Gasteiger partial charge in [0.2, 0.25) is 0 Å². The van der Waals surface area contributed by atoms with Crippen LogP contribution in [0.15, 0.2) is 15.9 Å². The Bertz CT molecular complexity index is 439. The fraction of sp³-hybridized carbons (Fsp3) is 0.583. The third kappa shape index (κ3) is 2.16. The first-order chi connectivity index (χ1) is 8.19. The van der Waals surface area contributed by atoms with Gasteiger partial charge in [0.05, 0.1) is 8.66 Å². The van der Waals surface area contributed by atoms with Crippen LogP contribution in [0.1, 0.15) is 22.5 Å². The van der Waals surface area contributed by atoms with E-state index in [1.807, 2.05) is 17.0 Å². The molecule has 2 aliphatic rings. The summed E-state index contributed by atoms with van der Waals surface area (Å²) in [5.74, 6) is 0.199. The molecule has 1 N–H and O–H groups in total. The molecule has 3 rings (SSSR count). The van der Waals surface area contributed by atoms with Crippen molar-refractivity contribution in [3.63, 3.8) is 0 Å². The standard InChI is InChI=1S/C12H15BrN2OS/c13-10-2-1-9(17-10)11(16)15-6-4-12(8-15)3-5-14-7-12/h1-2,14H,3-8H2. The van der Waals surface area contributed by atoms with Gasteiger partial charge in [-0.25, -0.2) is 0 Å². The molecule has 3 nitrogen and oxygen atoms in total. The van der Waals surface area contributed by atoms with E-state index in [0.29, 0.717) is 5.41 Å². The predicted octanol–water partition coefficient (Wildman–Crippen LogP) is 2.34. The van der Waals surface area contributed by atoms with E-state index in [0.717, 1.165) is 41.3 Å². The van der Waals surface area contributed by atoms with E-state index in [9.17, 15) is 4.79 Å². The highest BCUT2D eigenvalue weighted by Crippen LogP contribution is 2.37. The summed E-state index contributed by atoms with van der Waals surface area (Å²) in [6.45, 7) is 4.02. The highest BCUT2D eigenvalue weighted by Gasteiger charge is 2.42. The van der Waals surface area contributed by atoms with E-state index in [1.54, 1.807) is 0 Å². The van der Waals surface area contributed by atoms with Crippen LogP contribution in [0.2, 0.25) is 0 Å². The van der Waals surface area contributed by atoms with E-state index in [1.165, 1.54) is 17.8 Å². The number of rotatable bonds is 1. The summed E-state index contributed by atoms with van der Waals surface area (Å²) in [5, 5.41) is 3.42. The molecule has 1 atom stereocenters. The number of nitrogens with one attached hydrogen (secondary N) is 1. The fourth-order valence-corrected chi connectivity index (χ4v) is 4.19. The van der Waals surface area contributed by atoms with Crippen LogP contribution < -0.4 is 5.32 Å². The van der Waals surface area contributed by atoms with Crippen molar-refractivity contribution in [2.45, 2.75) is 12.8 Å². The number of hydrogen-bond donors (Lipinski definition) is 1. The highest BCUT2D eigenvalue weighted by molar-refractivity contribution is 9.11. The lowest BCUT2D eigenvalue weighted by Crippen LogP contribution is -2.32. The van der Waals surface area contributed by atoms with Gasteiger partial charge < -0.3 is 10.2 Å². The Balaban J connectivity index is 1.72. The molecule has 2 saturated heterocycles. The molecular formula is C12H15BrN2OS. The summed E-state index contributed by atoms with van der Waals surface area (Å²) in [7, 11) is 0. The first kappa shape index (κ1) is 11.7. The molecule has 0 bridgehead atoms. The molecule has 1 aromatic rings. The lowest BCUT2D eigenvalue weighted by molar-refractivity contribution is 0.0780. The van der Waals surface area contributed by atoms with Gasteiger partial charge in [0.25, 0.3) is 5.91 Å². The molecule has 0 saturated carbocycles. The number of hydrogen-bond acceptors (Lipinski definition) is 3. The average molecular weight is 315 g/mol. The number of likely N-dealkylation sites (tertiary alicyclic amines) is 1. The van der Waals surface area contributed by atoms with Gasteiger partial charge >= 0.3 is 0 Å². The number of carbonyl (C=O) groups is 1. The van der Waals surface area contributed by atoms with Crippen molar-refractivity contribution in [1.29, 1.82) is 0 Å². The SMILES string of the molecule is O=C(c1ccc(Br)s1)N1CCC2(CCNC2)C1. The predicted molar refractivity (Wildman–Crippen MR) is 72.5 cm³/mol. The maximum Gasteiger partial charge on any atom is 0.263 e. The van der Waals surface area contributed by atoms with Crippen molar-refractivity contribution in [3.05, 3.63) is 20.8 Å². The van der Waals surface area contributed by atoms with Crippen molar-refractivity contribution < 1.29 is 4.79 Å². The molecule has 1 aromatic heterocycles. The van der Waals surface area contributed by atoms with E-state index >= 15 is 0 Å². The molecule has 1 amide bonds. The van der Waals surface area contributed by atoms with Crippen molar-refractivity contribution in [1.82, 2.24) is 10.2 Å². The quantitative estimate of drug-likeness (QED) is 0.863. The molecule has 0 radical (unpaired) electrons. The van der Waals surface area contributed by atoms with Crippen molar-refractivity contribution >= 4 is 33.2 Å². The van der Waals surface area contributed by atoms with Gasteiger partial charge in [0.1, 0.15) is 0 Å². The van der Waals surface area contributed by atoms with E-state index in [-0.39, 0.29) is 5.91 Å². The van der Waals surface area contributed by atoms with E-state index in [2.05, 4.69) is 21.2 Å². The molecule has 0 aromatic carbocycles. The molecule has 1 unspecified atom stereocenters. The lowest BCUT2D eigenvalue weighted by Gasteiger charge is -2.22. The summed E-state index contributed by atoms with van der Waals surface area (Å²) >= 11 is 4.93. The Morgan fingerprint density at radius 2 is 2.35 bits per heavy atom. The van der Waals surface area contributed by atoms with Crippen molar-refractivity contribution in [3.8, 4) is 0 Å². The summed E-state index contributed by atoms with van der Waals surface area (Å²) in [6, 6.07) is 3.86. The molecule has 2 fully saturated rings. The van der Waals surface area contributed by atoms with Crippen LogP contribution in [0.3, 0.4) is 0 Å². The van der Waals surface area contributed by atoms with Crippen LogP contribution in [0, 0.1) is 5.41 Å². The van der Waals surface area contributed by atoms with E-state index < -0.39 is 0 Å². The third-order valence-electron chi connectivity index (χ3n) is 3.84. The zero-order chi connectivity index (χ0) is 11.9. The molecule has 17 heavy (non-hydrogen) atoms. The number of nitrogens with zero attached hydrogens (tertiary/aromatic N) is 1. The Morgan fingerprint density at radius 3 is 3.00 bits per heavy atom. The normalized spacial score (nSPS) is 28.2. The Labute approximate surface area is 113 Å². The molecule has 3 heterocycles. The Hall–Kier alpha value is -0.390. The fourth-order valence-electron chi connectivity index (χ4n) is 2.84. The minimum atomic E-state index is 0.199. The van der Waals surface area contributed by atoms with Gasteiger partial charge in [-0.05, 0) is 47.4 Å². The zero-order valence-electron chi connectivity index (χ0n) is 9.54. The number of halogens is 1. The number of thiophene rings is 1. The van der Waals surface area contributed by atoms with Crippen LogP contribution >= 0.6 is 27.3 Å². The summed E-state index contributed by atoms with van der Waals surface area (Å²) in [6.07, 6.45) is 2.36. The minimum absolute atomic E-state index is 0.199. The van der Waals surface area contributed by atoms with Gasteiger partial charge in [0.15, 0.2) is 0 Å². The summed E-state index contributed by atoms with van der Waals surface area (Å²) in [5.41, 5.74) is 0.365. The molecular weight excluding hydrogens is 300 g/mol. The van der Waals surface area contributed by atoms with Crippen LogP contribution in [0.4, 0.5) is 0 Å². The van der Waals surface area contributed by atoms with Crippen LogP contribution in [0.25, 0.3) is 0 Å². The summed E-state index contributed by atoms with van der Waals surface area (Å²) in [4.78, 5) is 15.2. The molecule has 0 aliphatic carbocycles.